The van der Waals surface area contributed by atoms with Gasteiger partial charge in [0, 0.05) is 12.6 Å². The van der Waals surface area contributed by atoms with Gasteiger partial charge in [-0.15, -0.1) is 0 Å². The van der Waals surface area contributed by atoms with E-state index in [1.54, 1.807) is 0 Å². The Morgan fingerprint density at radius 1 is 1.33 bits per heavy atom. The molecule has 0 aromatic carbocycles. The fourth-order valence-corrected chi connectivity index (χ4v) is 3.08. The Morgan fingerprint density at radius 3 is 2.73 bits per heavy atom. The predicted octanol–water partition coefficient (Wildman–Crippen LogP) is 1.37. The molecule has 1 heterocycles. The van der Waals surface area contributed by atoms with Crippen molar-refractivity contribution in [2.24, 2.45) is 17.6 Å². The molecule has 1 aliphatic heterocycles. The van der Waals surface area contributed by atoms with Crippen LogP contribution in [0.4, 0.5) is 0 Å². The average Bonchev–Trinajstić information content (AvgIpc) is 2.65. The van der Waals surface area contributed by atoms with Crippen molar-refractivity contribution >= 4 is 5.91 Å². The number of nitrogens with two attached hydrogens (primary N) is 1. The number of primary amides is 1. The van der Waals surface area contributed by atoms with Gasteiger partial charge in [-0.05, 0) is 44.6 Å². The van der Waals surface area contributed by atoms with E-state index in [9.17, 15) is 4.79 Å². The van der Waals surface area contributed by atoms with Crippen molar-refractivity contribution < 1.29 is 4.79 Å². The summed E-state index contributed by atoms with van der Waals surface area (Å²) in [6.45, 7) is 4.41. The number of amides is 1. The molecule has 1 saturated heterocycles. The zero-order valence-electron chi connectivity index (χ0n) is 9.61. The predicted molar refractivity (Wildman–Crippen MR) is 60.3 cm³/mol. The van der Waals surface area contributed by atoms with Crippen molar-refractivity contribution in [1.82, 2.24) is 4.90 Å². The van der Waals surface area contributed by atoms with Crippen LogP contribution in [0.5, 0.6) is 0 Å². The average molecular weight is 210 g/mol. The van der Waals surface area contributed by atoms with E-state index in [4.69, 9.17) is 5.73 Å². The number of rotatable bonds is 2. The van der Waals surface area contributed by atoms with Gasteiger partial charge in [0.05, 0.1) is 5.92 Å². The lowest BCUT2D eigenvalue weighted by molar-refractivity contribution is -0.123. The molecular formula is C12H22N2O. The molecule has 1 aliphatic carbocycles. The Hall–Kier alpha value is -0.570. The molecule has 3 heteroatoms. The standard InChI is InChI=1S/C12H22N2O/c1-9-4-5-11(7-9)14-6-2-3-10(8-14)12(13)15/h9-11H,2-8H2,1H3,(H2,13,15). The lowest BCUT2D eigenvalue weighted by Gasteiger charge is -2.35. The summed E-state index contributed by atoms with van der Waals surface area (Å²) in [6.07, 6.45) is 6.10. The van der Waals surface area contributed by atoms with Gasteiger partial charge in [-0.25, -0.2) is 0 Å². The molecule has 1 amide bonds. The molecule has 3 unspecified atom stereocenters. The topological polar surface area (TPSA) is 46.3 Å². The molecule has 0 aromatic rings. The molecule has 86 valence electrons. The maximum absolute atomic E-state index is 11.2. The summed E-state index contributed by atoms with van der Waals surface area (Å²) in [5.41, 5.74) is 5.39. The summed E-state index contributed by atoms with van der Waals surface area (Å²) >= 11 is 0. The number of likely N-dealkylation sites (tertiary alicyclic amines) is 1. The third-order valence-electron chi connectivity index (χ3n) is 4.04. The second-order valence-electron chi connectivity index (χ2n) is 5.31. The highest BCUT2D eigenvalue weighted by molar-refractivity contribution is 5.76. The highest BCUT2D eigenvalue weighted by Gasteiger charge is 2.31. The number of piperidine rings is 1. The first-order chi connectivity index (χ1) is 7.16. The van der Waals surface area contributed by atoms with Crippen LogP contribution in [0.15, 0.2) is 0 Å². The Balaban J connectivity index is 1.90. The molecule has 0 bridgehead atoms. The third kappa shape index (κ3) is 2.51. The molecule has 1 saturated carbocycles. The fraction of sp³-hybridized carbons (Fsp3) is 0.917. The molecule has 2 N–H and O–H groups in total. The number of nitrogens with zero attached hydrogens (tertiary/aromatic N) is 1. The molecule has 2 aliphatic rings. The minimum absolute atomic E-state index is 0.106. The van der Waals surface area contributed by atoms with Crippen LogP contribution < -0.4 is 5.73 Å². The molecule has 2 rings (SSSR count). The Kier molecular flexibility index (Phi) is 3.29. The van der Waals surface area contributed by atoms with Gasteiger partial charge in [-0.3, -0.25) is 9.69 Å². The maximum Gasteiger partial charge on any atom is 0.221 e. The van der Waals surface area contributed by atoms with Gasteiger partial charge < -0.3 is 5.73 Å². The van der Waals surface area contributed by atoms with Crippen molar-refractivity contribution in [3.05, 3.63) is 0 Å². The molecule has 15 heavy (non-hydrogen) atoms. The van der Waals surface area contributed by atoms with E-state index in [0.717, 1.165) is 31.3 Å². The van der Waals surface area contributed by atoms with Crippen molar-refractivity contribution in [1.29, 1.82) is 0 Å². The Morgan fingerprint density at radius 2 is 2.13 bits per heavy atom. The number of carbonyl (C=O) groups excluding carboxylic acids is 1. The quantitative estimate of drug-likeness (QED) is 0.748. The zero-order chi connectivity index (χ0) is 10.8. The van der Waals surface area contributed by atoms with Crippen molar-refractivity contribution in [2.45, 2.75) is 45.1 Å². The normalized spacial score (nSPS) is 38.1. The largest absolute Gasteiger partial charge is 0.369 e. The summed E-state index contributed by atoms with van der Waals surface area (Å²) in [5, 5.41) is 0. The Labute approximate surface area is 92.0 Å². The van der Waals surface area contributed by atoms with Crippen LogP contribution in [0.3, 0.4) is 0 Å². The van der Waals surface area contributed by atoms with Gasteiger partial charge in [-0.1, -0.05) is 6.92 Å². The molecule has 3 nitrogen and oxygen atoms in total. The van der Waals surface area contributed by atoms with Gasteiger partial charge in [0.1, 0.15) is 0 Å². The van der Waals surface area contributed by atoms with Crippen LogP contribution in [-0.4, -0.2) is 29.9 Å². The minimum atomic E-state index is -0.106. The minimum Gasteiger partial charge on any atom is -0.369 e. The van der Waals surface area contributed by atoms with Gasteiger partial charge in [0.2, 0.25) is 5.91 Å². The number of hydrogen-bond acceptors (Lipinski definition) is 2. The first-order valence-electron chi connectivity index (χ1n) is 6.20. The number of carbonyl (C=O) groups is 1. The lowest BCUT2D eigenvalue weighted by atomic mass is 9.95. The smallest absolute Gasteiger partial charge is 0.221 e. The van der Waals surface area contributed by atoms with Gasteiger partial charge in [0.15, 0.2) is 0 Å². The molecule has 0 radical (unpaired) electrons. The van der Waals surface area contributed by atoms with Crippen LogP contribution in [-0.2, 0) is 4.79 Å². The SMILES string of the molecule is CC1CCC(N2CCCC(C(N)=O)C2)C1. The fourth-order valence-electron chi connectivity index (χ4n) is 3.08. The highest BCUT2D eigenvalue weighted by Crippen LogP contribution is 2.31. The summed E-state index contributed by atoms with van der Waals surface area (Å²) in [5.74, 6) is 0.865. The van der Waals surface area contributed by atoms with E-state index < -0.39 is 0 Å². The maximum atomic E-state index is 11.2. The molecule has 2 fully saturated rings. The lowest BCUT2D eigenvalue weighted by Crippen LogP contribution is -2.45. The highest BCUT2D eigenvalue weighted by atomic mass is 16.1. The number of hydrogen-bond donors (Lipinski definition) is 1. The zero-order valence-corrected chi connectivity index (χ0v) is 9.61. The molecule has 0 spiro atoms. The van der Waals surface area contributed by atoms with E-state index >= 15 is 0 Å². The van der Waals surface area contributed by atoms with Crippen molar-refractivity contribution in [2.75, 3.05) is 13.1 Å². The van der Waals surface area contributed by atoms with Crippen LogP contribution in [0, 0.1) is 11.8 Å². The summed E-state index contributed by atoms with van der Waals surface area (Å²) < 4.78 is 0. The van der Waals surface area contributed by atoms with Gasteiger partial charge >= 0.3 is 0 Å². The van der Waals surface area contributed by atoms with E-state index in [1.807, 2.05) is 0 Å². The summed E-state index contributed by atoms with van der Waals surface area (Å²) in [6, 6.07) is 0.724. The van der Waals surface area contributed by atoms with E-state index in [2.05, 4.69) is 11.8 Å². The second kappa shape index (κ2) is 4.52. The van der Waals surface area contributed by atoms with Crippen molar-refractivity contribution in [3.8, 4) is 0 Å². The third-order valence-corrected chi connectivity index (χ3v) is 4.04. The van der Waals surface area contributed by atoms with E-state index in [0.29, 0.717) is 0 Å². The van der Waals surface area contributed by atoms with Crippen LogP contribution in [0.1, 0.15) is 39.0 Å². The monoisotopic (exact) mass is 210 g/mol. The van der Waals surface area contributed by atoms with E-state index in [-0.39, 0.29) is 11.8 Å². The Bertz CT molecular complexity index is 242. The first kappa shape index (κ1) is 10.9. The first-order valence-corrected chi connectivity index (χ1v) is 6.20. The van der Waals surface area contributed by atoms with Crippen molar-refractivity contribution in [3.63, 3.8) is 0 Å². The molecular weight excluding hydrogens is 188 g/mol. The van der Waals surface area contributed by atoms with Gasteiger partial charge in [-0.2, -0.15) is 0 Å². The second-order valence-corrected chi connectivity index (χ2v) is 5.31. The molecule has 0 aromatic heterocycles. The molecule has 3 atom stereocenters. The summed E-state index contributed by atoms with van der Waals surface area (Å²) in [4.78, 5) is 13.7. The van der Waals surface area contributed by atoms with Crippen LogP contribution >= 0.6 is 0 Å². The van der Waals surface area contributed by atoms with Crippen LogP contribution in [0.25, 0.3) is 0 Å². The van der Waals surface area contributed by atoms with E-state index in [1.165, 1.54) is 25.8 Å². The summed E-state index contributed by atoms with van der Waals surface area (Å²) in [7, 11) is 0. The van der Waals surface area contributed by atoms with Crippen LogP contribution in [0.2, 0.25) is 0 Å². The van der Waals surface area contributed by atoms with Gasteiger partial charge in [0.25, 0.3) is 0 Å².